The van der Waals surface area contributed by atoms with Gasteiger partial charge in [-0.2, -0.15) is 5.26 Å². The van der Waals surface area contributed by atoms with Crippen LogP contribution in [0.1, 0.15) is 23.6 Å². The zero-order chi connectivity index (χ0) is 14.4. The lowest BCUT2D eigenvalue weighted by Crippen LogP contribution is -2.11. The van der Waals surface area contributed by atoms with Crippen LogP contribution in [-0.4, -0.2) is 17.5 Å². The summed E-state index contributed by atoms with van der Waals surface area (Å²) in [5.74, 6) is -0.557. The minimum absolute atomic E-state index is 0.0662. The summed E-state index contributed by atoms with van der Waals surface area (Å²) in [6.07, 6.45) is -0.219. The lowest BCUT2D eigenvalue weighted by Gasteiger charge is -2.07. The van der Waals surface area contributed by atoms with E-state index >= 15 is 0 Å². The van der Waals surface area contributed by atoms with Crippen molar-refractivity contribution in [2.75, 3.05) is 6.61 Å². The van der Waals surface area contributed by atoms with Gasteiger partial charge in [-0.1, -0.05) is 0 Å². The van der Waals surface area contributed by atoms with Crippen molar-refractivity contribution < 1.29 is 14.5 Å². The Morgan fingerprint density at radius 1 is 1.53 bits per heavy atom. The molecule has 0 aliphatic carbocycles. The van der Waals surface area contributed by atoms with Crippen LogP contribution in [0.5, 0.6) is 0 Å². The number of rotatable bonds is 5. The van der Waals surface area contributed by atoms with Crippen LogP contribution in [0.2, 0.25) is 0 Å². The summed E-state index contributed by atoms with van der Waals surface area (Å²) in [4.78, 5) is 21.7. The van der Waals surface area contributed by atoms with Crippen LogP contribution in [-0.2, 0) is 22.5 Å². The topological polar surface area (TPSA) is 119 Å². The number of benzene rings is 1. The van der Waals surface area contributed by atoms with Crippen LogP contribution in [0.3, 0.4) is 0 Å². The van der Waals surface area contributed by atoms with Crippen molar-refractivity contribution in [1.82, 2.24) is 0 Å². The fourth-order valence-electron chi connectivity index (χ4n) is 1.64. The highest BCUT2D eigenvalue weighted by atomic mass is 16.6. The average Bonchev–Trinajstić information content (AvgIpc) is 2.38. The molecule has 1 rings (SSSR count). The van der Waals surface area contributed by atoms with Gasteiger partial charge in [-0.15, -0.1) is 0 Å². The van der Waals surface area contributed by atoms with Crippen molar-refractivity contribution >= 4 is 11.7 Å². The van der Waals surface area contributed by atoms with Gasteiger partial charge in [0.25, 0.3) is 5.69 Å². The molecule has 0 heterocycles. The zero-order valence-corrected chi connectivity index (χ0v) is 10.4. The maximum atomic E-state index is 11.4. The molecule has 0 radical (unpaired) electrons. The average molecular weight is 263 g/mol. The van der Waals surface area contributed by atoms with Crippen LogP contribution in [0.15, 0.2) is 12.1 Å². The third-order valence-corrected chi connectivity index (χ3v) is 2.48. The smallest absolute Gasteiger partial charge is 0.310 e. The molecule has 7 heteroatoms. The Labute approximate surface area is 109 Å². The molecular weight excluding hydrogens is 250 g/mol. The SMILES string of the molecule is CCOC(=O)Cc1cc(CN)c(C#N)cc1[N+](=O)[O-]. The van der Waals surface area contributed by atoms with E-state index in [-0.39, 0.29) is 36.4 Å². The molecule has 0 aromatic heterocycles. The number of carbonyl (C=O) groups excluding carboxylic acids is 1. The van der Waals surface area contributed by atoms with Crippen LogP contribution in [0, 0.1) is 21.4 Å². The largest absolute Gasteiger partial charge is 0.466 e. The van der Waals surface area contributed by atoms with E-state index in [0.717, 1.165) is 6.07 Å². The van der Waals surface area contributed by atoms with Crippen LogP contribution >= 0.6 is 0 Å². The molecule has 100 valence electrons. The van der Waals surface area contributed by atoms with Crippen molar-refractivity contribution in [2.45, 2.75) is 19.9 Å². The Balaban J connectivity index is 3.24. The third kappa shape index (κ3) is 3.50. The minimum atomic E-state index is -0.629. The summed E-state index contributed by atoms with van der Waals surface area (Å²) >= 11 is 0. The number of hydrogen-bond acceptors (Lipinski definition) is 6. The molecule has 1 aromatic carbocycles. The summed E-state index contributed by atoms with van der Waals surface area (Å²) in [6, 6.07) is 4.39. The predicted octanol–water partition coefficient (Wildman–Crippen LogP) is 1.03. The fourth-order valence-corrected chi connectivity index (χ4v) is 1.64. The first-order valence-electron chi connectivity index (χ1n) is 5.59. The van der Waals surface area contributed by atoms with Gasteiger partial charge in [-0.25, -0.2) is 0 Å². The number of hydrogen-bond donors (Lipinski definition) is 1. The van der Waals surface area contributed by atoms with Gasteiger partial charge in [-0.3, -0.25) is 14.9 Å². The molecule has 0 fully saturated rings. The Morgan fingerprint density at radius 3 is 2.68 bits per heavy atom. The van der Waals surface area contributed by atoms with Crippen molar-refractivity contribution in [1.29, 1.82) is 5.26 Å². The van der Waals surface area contributed by atoms with Gasteiger partial charge in [0.05, 0.1) is 29.6 Å². The molecule has 1 aromatic rings. The highest BCUT2D eigenvalue weighted by Gasteiger charge is 2.20. The van der Waals surface area contributed by atoms with Crippen LogP contribution < -0.4 is 5.73 Å². The molecule has 0 saturated heterocycles. The molecule has 0 unspecified atom stereocenters. The van der Waals surface area contributed by atoms with E-state index in [0.29, 0.717) is 5.56 Å². The molecule has 7 nitrogen and oxygen atoms in total. The van der Waals surface area contributed by atoms with E-state index in [4.69, 9.17) is 15.7 Å². The highest BCUT2D eigenvalue weighted by molar-refractivity contribution is 5.74. The van der Waals surface area contributed by atoms with Gasteiger partial charge < -0.3 is 10.5 Å². The molecular formula is C12H13N3O4. The Hall–Kier alpha value is -2.46. The minimum Gasteiger partial charge on any atom is -0.466 e. The number of nitro benzene ring substituents is 1. The summed E-state index contributed by atoms with van der Waals surface area (Å²) < 4.78 is 4.75. The quantitative estimate of drug-likeness (QED) is 0.481. The van der Waals surface area contributed by atoms with Crippen molar-refractivity contribution in [2.24, 2.45) is 5.73 Å². The summed E-state index contributed by atoms with van der Waals surface area (Å²) in [5.41, 5.74) is 6.00. The lowest BCUT2D eigenvalue weighted by atomic mass is 10.0. The number of esters is 1. The normalized spacial score (nSPS) is 9.74. The Bertz CT molecular complexity index is 549. The summed E-state index contributed by atoms with van der Waals surface area (Å²) in [5, 5.41) is 19.8. The second-order valence-electron chi connectivity index (χ2n) is 3.69. The summed E-state index contributed by atoms with van der Waals surface area (Å²) in [6.45, 7) is 1.92. The number of carbonyl (C=O) groups is 1. The summed E-state index contributed by atoms with van der Waals surface area (Å²) in [7, 11) is 0. The molecule has 19 heavy (non-hydrogen) atoms. The molecule has 0 amide bonds. The van der Waals surface area contributed by atoms with E-state index in [2.05, 4.69) is 0 Å². The number of nitriles is 1. The lowest BCUT2D eigenvalue weighted by molar-refractivity contribution is -0.385. The first kappa shape index (κ1) is 14.6. The van der Waals surface area contributed by atoms with E-state index in [9.17, 15) is 14.9 Å². The van der Waals surface area contributed by atoms with Gasteiger partial charge in [0.15, 0.2) is 0 Å². The highest BCUT2D eigenvalue weighted by Crippen LogP contribution is 2.24. The second kappa shape index (κ2) is 6.47. The maximum Gasteiger partial charge on any atom is 0.310 e. The number of nitro groups is 1. The molecule has 2 N–H and O–H groups in total. The van der Waals surface area contributed by atoms with Crippen LogP contribution in [0.4, 0.5) is 5.69 Å². The van der Waals surface area contributed by atoms with Gasteiger partial charge >= 0.3 is 5.97 Å². The van der Waals surface area contributed by atoms with E-state index in [1.54, 1.807) is 6.92 Å². The molecule has 0 spiro atoms. The Kier molecular flexibility index (Phi) is 4.97. The number of nitrogens with two attached hydrogens (primary N) is 1. The molecule has 0 saturated carbocycles. The van der Waals surface area contributed by atoms with Crippen molar-refractivity contribution in [3.05, 3.63) is 38.9 Å². The van der Waals surface area contributed by atoms with E-state index in [1.165, 1.54) is 6.07 Å². The maximum absolute atomic E-state index is 11.4. The molecule has 0 bridgehead atoms. The Morgan fingerprint density at radius 2 is 2.21 bits per heavy atom. The van der Waals surface area contributed by atoms with Crippen LogP contribution in [0.25, 0.3) is 0 Å². The van der Waals surface area contributed by atoms with E-state index in [1.807, 2.05) is 6.07 Å². The van der Waals surface area contributed by atoms with E-state index < -0.39 is 10.9 Å². The first-order valence-corrected chi connectivity index (χ1v) is 5.59. The third-order valence-electron chi connectivity index (χ3n) is 2.48. The number of ether oxygens (including phenoxy) is 1. The predicted molar refractivity (Wildman–Crippen MR) is 66.0 cm³/mol. The molecule has 0 atom stereocenters. The second-order valence-corrected chi connectivity index (χ2v) is 3.69. The van der Waals surface area contributed by atoms with Gasteiger partial charge in [-0.05, 0) is 18.6 Å². The van der Waals surface area contributed by atoms with Gasteiger partial charge in [0.1, 0.15) is 0 Å². The first-order chi connectivity index (χ1) is 9.03. The zero-order valence-electron chi connectivity index (χ0n) is 10.4. The van der Waals surface area contributed by atoms with Gasteiger partial charge in [0.2, 0.25) is 0 Å². The standard InChI is InChI=1S/C12H13N3O4/c1-2-19-12(16)5-8-3-9(6-13)10(7-14)4-11(8)15(17)18/h3-4H,2,5-6,13H2,1H3. The molecule has 0 aliphatic heterocycles. The molecule has 0 aliphatic rings. The van der Waals surface area contributed by atoms with Gasteiger partial charge in [0, 0.05) is 18.2 Å². The van der Waals surface area contributed by atoms with Crippen molar-refractivity contribution in [3.8, 4) is 6.07 Å². The number of nitrogens with zero attached hydrogens (tertiary/aromatic N) is 2. The fraction of sp³-hybridized carbons (Fsp3) is 0.333. The monoisotopic (exact) mass is 263 g/mol. The van der Waals surface area contributed by atoms with Crippen molar-refractivity contribution in [3.63, 3.8) is 0 Å².